The number of aryl methyl sites for hydroxylation is 1. The Hall–Kier alpha value is -3.45. The van der Waals surface area contributed by atoms with Crippen molar-refractivity contribution in [3.05, 3.63) is 94.8 Å². The largest absolute Gasteiger partial charge is 0.348 e. The quantitative estimate of drug-likeness (QED) is 0.374. The van der Waals surface area contributed by atoms with Crippen molar-refractivity contribution >= 4 is 35.0 Å². The maximum Gasteiger partial charge on any atom is 0.253 e. The summed E-state index contributed by atoms with van der Waals surface area (Å²) in [5.74, 6) is -1.50. The topological polar surface area (TPSA) is 75.3 Å². The molecular weight excluding hydrogens is 427 g/mol. The van der Waals surface area contributed by atoms with Gasteiger partial charge in [-0.1, -0.05) is 48.0 Å². The summed E-state index contributed by atoms with van der Waals surface area (Å²) in [7, 11) is 0. The Kier molecular flexibility index (Phi) is 7.78. The molecule has 2 amide bonds. The van der Waals surface area contributed by atoms with Crippen LogP contribution in [0.4, 0.5) is 10.1 Å². The highest BCUT2D eigenvalue weighted by molar-refractivity contribution is 8.00. The first kappa shape index (κ1) is 23.2. The van der Waals surface area contributed by atoms with E-state index in [4.69, 9.17) is 0 Å². The lowest BCUT2D eigenvalue weighted by molar-refractivity contribution is -0.113. The van der Waals surface area contributed by atoms with E-state index in [2.05, 4.69) is 10.6 Å². The summed E-state index contributed by atoms with van der Waals surface area (Å²) in [6.07, 6.45) is 0. The van der Waals surface area contributed by atoms with E-state index in [0.29, 0.717) is 17.8 Å². The number of ketones is 1. The third-order valence-electron chi connectivity index (χ3n) is 4.72. The molecule has 0 aliphatic carbocycles. The van der Waals surface area contributed by atoms with Gasteiger partial charge in [-0.15, -0.1) is 11.8 Å². The van der Waals surface area contributed by atoms with Crippen LogP contribution in [0.5, 0.6) is 0 Å². The van der Waals surface area contributed by atoms with Crippen molar-refractivity contribution in [2.75, 3.05) is 11.1 Å². The number of Topliss-reactive ketones (excluding diaryl/α,β-unsaturated/α-hetero) is 1. The van der Waals surface area contributed by atoms with Gasteiger partial charge in [-0.05, 0) is 43.7 Å². The smallest absolute Gasteiger partial charge is 0.253 e. The Labute approximate surface area is 190 Å². The summed E-state index contributed by atoms with van der Waals surface area (Å²) >= 11 is 1.02. The first-order chi connectivity index (χ1) is 15.3. The molecule has 0 aliphatic rings. The molecule has 0 heterocycles. The van der Waals surface area contributed by atoms with Gasteiger partial charge in [0.2, 0.25) is 5.91 Å². The second-order valence-corrected chi connectivity index (χ2v) is 8.27. The minimum absolute atomic E-state index is 0.0460. The molecule has 0 radical (unpaired) electrons. The highest BCUT2D eigenvalue weighted by atomic mass is 32.2. The molecule has 7 heteroatoms. The molecule has 3 rings (SSSR count). The summed E-state index contributed by atoms with van der Waals surface area (Å²) < 4.78 is 14.1. The Morgan fingerprint density at radius 2 is 1.69 bits per heavy atom. The van der Waals surface area contributed by atoms with Crippen molar-refractivity contribution in [1.29, 1.82) is 0 Å². The van der Waals surface area contributed by atoms with Gasteiger partial charge in [-0.3, -0.25) is 14.4 Å². The summed E-state index contributed by atoms with van der Waals surface area (Å²) in [6.45, 7) is 3.73. The number of amides is 2. The first-order valence-corrected chi connectivity index (χ1v) is 11.0. The number of benzene rings is 3. The fraction of sp³-hybridized carbons (Fsp3) is 0.160. The summed E-state index contributed by atoms with van der Waals surface area (Å²) in [5, 5.41) is 5.57. The molecular formula is C25H23FN2O3S. The average molecular weight is 451 g/mol. The van der Waals surface area contributed by atoms with Gasteiger partial charge in [0, 0.05) is 17.0 Å². The predicted octanol–water partition coefficient (Wildman–Crippen LogP) is 5.00. The number of carbonyl (C=O) groups excluding carboxylic acids is 3. The SMILES string of the molecule is CC(=O)c1ccc(SCC(=O)Nc2ccccc2C(=O)NCc2ccc(C)cc2)c(F)c1. The molecule has 0 unspecified atom stereocenters. The molecule has 0 saturated carbocycles. The number of rotatable bonds is 8. The van der Waals surface area contributed by atoms with E-state index >= 15 is 0 Å². The third kappa shape index (κ3) is 6.28. The van der Waals surface area contributed by atoms with Gasteiger partial charge in [-0.25, -0.2) is 4.39 Å². The molecule has 0 spiro atoms. The molecule has 2 N–H and O–H groups in total. The van der Waals surface area contributed by atoms with Crippen molar-refractivity contribution < 1.29 is 18.8 Å². The molecule has 0 atom stereocenters. The summed E-state index contributed by atoms with van der Waals surface area (Å²) in [6, 6.07) is 18.7. The van der Waals surface area contributed by atoms with Gasteiger partial charge in [0.25, 0.3) is 5.91 Å². The number of para-hydroxylation sites is 1. The van der Waals surface area contributed by atoms with E-state index in [1.165, 1.54) is 19.1 Å². The van der Waals surface area contributed by atoms with Crippen LogP contribution in [0, 0.1) is 12.7 Å². The van der Waals surface area contributed by atoms with Crippen LogP contribution in [0.2, 0.25) is 0 Å². The third-order valence-corrected chi connectivity index (χ3v) is 5.77. The highest BCUT2D eigenvalue weighted by Crippen LogP contribution is 2.24. The van der Waals surface area contributed by atoms with Crippen LogP contribution in [0.1, 0.15) is 38.8 Å². The van der Waals surface area contributed by atoms with E-state index in [0.717, 1.165) is 29.0 Å². The van der Waals surface area contributed by atoms with Crippen LogP contribution in [0.25, 0.3) is 0 Å². The zero-order valence-electron chi connectivity index (χ0n) is 17.8. The van der Waals surface area contributed by atoms with Crippen LogP contribution < -0.4 is 10.6 Å². The van der Waals surface area contributed by atoms with Crippen molar-refractivity contribution in [2.24, 2.45) is 0 Å². The lowest BCUT2D eigenvalue weighted by Gasteiger charge is -2.12. The standard InChI is InChI=1S/C25H23FN2O3S/c1-16-7-9-18(10-8-16)14-27-25(31)20-5-3-4-6-22(20)28-24(30)15-32-23-12-11-19(17(2)29)13-21(23)26/h3-13H,14-15H2,1-2H3,(H,27,31)(H,28,30). The average Bonchev–Trinajstić information content (AvgIpc) is 2.78. The van der Waals surface area contributed by atoms with Crippen molar-refractivity contribution in [3.8, 4) is 0 Å². The number of thioether (sulfide) groups is 1. The van der Waals surface area contributed by atoms with Crippen LogP contribution in [0.15, 0.2) is 71.6 Å². The molecule has 5 nitrogen and oxygen atoms in total. The van der Waals surface area contributed by atoms with Crippen LogP contribution in [0.3, 0.4) is 0 Å². The molecule has 164 valence electrons. The van der Waals surface area contributed by atoms with Gasteiger partial charge >= 0.3 is 0 Å². The minimum atomic E-state index is -0.550. The molecule has 3 aromatic carbocycles. The first-order valence-electron chi connectivity index (χ1n) is 9.99. The lowest BCUT2D eigenvalue weighted by atomic mass is 10.1. The maximum atomic E-state index is 14.1. The molecule has 0 bridgehead atoms. The Morgan fingerprint density at radius 1 is 0.969 bits per heavy atom. The Bertz CT molecular complexity index is 1150. The summed E-state index contributed by atoms with van der Waals surface area (Å²) in [4.78, 5) is 36.7. The van der Waals surface area contributed by atoms with E-state index in [1.807, 2.05) is 31.2 Å². The highest BCUT2D eigenvalue weighted by Gasteiger charge is 2.14. The predicted molar refractivity (Wildman–Crippen MR) is 125 cm³/mol. The molecule has 0 aliphatic heterocycles. The number of halogens is 1. The molecule has 0 aromatic heterocycles. The van der Waals surface area contributed by atoms with Gasteiger partial charge < -0.3 is 10.6 Å². The van der Waals surface area contributed by atoms with Gasteiger partial charge in [0.15, 0.2) is 5.78 Å². The monoisotopic (exact) mass is 450 g/mol. The molecule has 32 heavy (non-hydrogen) atoms. The number of hydrogen-bond acceptors (Lipinski definition) is 4. The number of anilines is 1. The zero-order valence-corrected chi connectivity index (χ0v) is 18.6. The van der Waals surface area contributed by atoms with Crippen LogP contribution >= 0.6 is 11.8 Å². The molecule has 0 fully saturated rings. The van der Waals surface area contributed by atoms with E-state index < -0.39 is 5.82 Å². The molecule has 3 aromatic rings. The van der Waals surface area contributed by atoms with Crippen LogP contribution in [-0.2, 0) is 11.3 Å². The lowest BCUT2D eigenvalue weighted by Crippen LogP contribution is -2.25. The van der Waals surface area contributed by atoms with Crippen molar-refractivity contribution in [1.82, 2.24) is 5.32 Å². The number of nitrogens with one attached hydrogen (secondary N) is 2. The Morgan fingerprint density at radius 3 is 2.38 bits per heavy atom. The Balaban J connectivity index is 1.60. The van der Waals surface area contributed by atoms with Crippen LogP contribution in [-0.4, -0.2) is 23.4 Å². The zero-order chi connectivity index (χ0) is 23.1. The van der Waals surface area contributed by atoms with Crippen molar-refractivity contribution in [3.63, 3.8) is 0 Å². The number of carbonyl (C=O) groups is 3. The number of hydrogen-bond donors (Lipinski definition) is 2. The van der Waals surface area contributed by atoms with Gasteiger partial charge in [0.05, 0.1) is 17.0 Å². The maximum absolute atomic E-state index is 14.1. The fourth-order valence-corrected chi connectivity index (χ4v) is 3.66. The second kappa shape index (κ2) is 10.7. The second-order valence-electron chi connectivity index (χ2n) is 7.25. The van der Waals surface area contributed by atoms with Gasteiger partial charge in [0.1, 0.15) is 5.82 Å². The van der Waals surface area contributed by atoms with E-state index in [1.54, 1.807) is 24.3 Å². The van der Waals surface area contributed by atoms with Crippen molar-refractivity contribution in [2.45, 2.75) is 25.3 Å². The fourth-order valence-electron chi connectivity index (χ4n) is 2.94. The minimum Gasteiger partial charge on any atom is -0.348 e. The molecule has 0 saturated heterocycles. The summed E-state index contributed by atoms with van der Waals surface area (Å²) in [5.41, 5.74) is 3.11. The van der Waals surface area contributed by atoms with E-state index in [9.17, 15) is 18.8 Å². The van der Waals surface area contributed by atoms with E-state index in [-0.39, 0.29) is 33.8 Å². The van der Waals surface area contributed by atoms with Gasteiger partial charge in [-0.2, -0.15) is 0 Å². The normalized spacial score (nSPS) is 10.5.